The van der Waals surface area contributed by atoms with Gasteiger partial charge in [-0.3, -0.25) is 4.79 Å². The lowest BCUT2D eigenvalue weighted by atomic mass is 9.78. The van der Waals surface area contributed by atoms with Crippen LogP contribution in [0.2, 0.25) is 5.02 Å². The van der Waals surface area contributed by atoms with Gasteiger partial charge >= 0.3 is 0 Å². The van der Waals surface area contributed by atoms with Crippen LogP contribution in [0, 0.1) is 5.92 Å². The Hall–Kier alpha value is -1.26. The van der Waals surface area contributed by atoms with Crippen LogP contribution in [0.15, 0.2) is 24.3 Å². The Morgan fingerprint density at radius 1 is 1.61 bits per heavy atom. The molecule has 2 atom stereocenters. The molecule has 0 aliphatic carbocycles. The van der Waals surface area contributed by atoms with Crippen LogP contribution in [0.25, 0.3) is 0 Å². The van der Waals surface area contributed by atoms with Gasteiger partial charge in [-0.2, -0.15) is 0 Å². The molecule has 1 heterocycles. The maximum Gasteiger partial charge on any atom is 0.243 e. The highest BCUT2D eigenvalue weighted by Gasteiger charge is 2.43. The molecular formula is C13H18ClN3O. The van der Waals surface area contributed by atoms with Gasteiger partial charge in [0.1, 0.15) is 5.54 Å². The molecule has 4 N–H and O–H groups in total. The van der Waals surface area contributed by atoms with E-state index in [0.717, 1.165) is 18.8 Å². The zero-order valence-electron chi connectivity index (χ0n) is 10.4. The van der Waals surface area contributed by atoms with Crippen LogP contribution in [-0.2, 0) is 4.79 Å². The summed E-state index contributed by atoms with van der Waals surface area (Å²) in [6.07, 6.45) is 0.677. The normalized spacial score (nSPS) is 27.8. The van der Waals surface area contributed by atoms with E-state index in [0.29, 0.717) is 11.4 Å². The smallest absolute Gasteiger partial charge is 0.243 e. The van der Waals surface area contributed by atoms with Crippen molar-refractivity contribution in [2.75, 3.05) is 18.4 Å². The Labute approximate surface area is 112 Å². The molecule has 1 fully saturated rings. The van der Waals surface area contributed by atoms with Crippen molar-refractivity contribution < 1.29 is 4.79 Å². The van der Waals surface area contributed by atoms with Gasteiger partial charge in [0, 0.05) is 23.2 Å². The molecule has 0 radical (unpaired) electrons. The number of carbonyl (C=O) groups excluding carboxylic acids is 1. The predicted molar refractivity (Wildman–Crippen MR) is 73.7 cm³/mol. The van der Waals surface area contributed by atoms with Gasteiger partial charge in [-0.25, -0.2) is 0 Å². The third-order valence-corrected chi connectivity index (χ3v) is 3.85. The van der Waals surface area contributed by atoms with Crippen molar-refractivity contribution in [2.45, 2.75) is 18.9 Å². The molecule has 1 aromatic carbocycles. The van der Waals surface area contributed by atoms with Gasteiger partial charge in [0.05, 0.1) is 0 Å². The summed E-state index contributed by atoms with van der Waals surface area (Å²) in [6.45, 7) is 3.58. The average molecular weight is 268 g/mol. The highest BCUT2D eigenvalue weighted by atomic mass is 35.5. The number of hydrogen-bond acceptors (Lipinski definition) is 3. The molecule has 4 nitrogen and oxygen atoms in total. The fourth-order valence-corrected chi connectivity index (χ4v) is 2.65. The zero-order valence-corrected chi connectivity index (χ0v) is 11.1. The van der Waals surface area contributed by atoms with Crippen molar-refractivity contribution in [3.63, 3.8) is 0 Å². The molecule has 2 rings (SSSR count). The fourth-order valence-electron chi connectivity index (χ4n) is 2.46. The molecule has 1 amide bonds. The Morgan fingerprint density at radius 3 is 3.00 bits per heavy atom. The summed E-state index contributed by atoms with van der Waals surface area (Å²) in [7, 11) is 0. The van der Waals surface area contributed by atoms with Crippen molar-refractivity contribution in [3.05, 3.63) is 29.3 Å². The Balaban J connectivity index is 2.28. The second-order valence-corrected chi connectivity index (χ2v) is 5.26. The lowest BCUT2D eigenvalue weighted by Gasteiger charge is -2.41. The number of primary amides is 1. The van der Waals surface area contributed by atoms with Crippen LogP contribution in [0.1, 0.15) is 13.3 Å². The lowest BCUT2D eigenvalue weighted by Crippen LogP contribution is -2.61. The number of carbonyl (C=O) groups is 1. The van der Waals surface area contributed by atoms with Gasteiger partial charge in [0.15, 0.2) is 0 Å². The second kappa shape index (κ2) is 5.16. The van der Waals surface area contributed by atoms with E-state index in [-0.39, 0.29) is 11.8 Å². The quantitative estimate of drug-likeness (QED) is 0.779. The van der Waals surface area contributed by atoms with Crippen molar-refractivity contribution >= 4 is 23.2 Å². The summed E-state index contributed by atoms with van der Waals surface area (Å²) >= 11 is 5.96. The topological polar surface area (TPSA) is 67.2 Å². The van der Waals surface area contributed by atoms with Crippen molar-refractivity contribution in [1.82, 2.24) is 5.32 Å². The molecule has 0 spiro atoms. The van der Waals surface area contributed by atoms with E-state index < -0.39 is 5.54 Å². The van der Waals surface area contributed by atoms with E-state index in [1.54, 1.807) is 12.1 Å². The molecule has 0 aromatic heterocycles. The second-order valence-electron chi connectivity index (χ2n) is 4.83. The number of benzene rings is 1. The SMILES string of the molecule is CC1CNCCC1(Nc1cccc(Cl)c1)C(N)=O. The Kier molecular flexibility index (Phi) is 3.78. The third kappa shape index (κ3) is 2.44. The molecule has 5 heteroatoms. The minimum absolute atomic E-state index is 0.128. The molecule has 2 unspecified atom stereocenters. The van der Waals surface area contributed by atoms with Gasteiger partial charge in [-0.05, 0) is 31.2 Å². The van der Waals surface area contributed by atoms with Crippen LogP contribution < -0.4 is 16.4 Å². The largest absolute Gasteiger partial charge is 0.371 e. The molecule has 0 bridgehead atoms. The number of nitrogens with one attached hydrogen (secondary N) is 2. The first-order chi connectivity index (χ1) is 8.54. The molecule has 18 heavy (non-hydrogen) atoms. The van der Waals surface area contributed by atoms with Crippen LogP contribution in [0.4, 0.5) is 5.69 Å². The van der Waals surface area contributed by atoms with Crippen molar-refractivity contribution in [3.8, 4) is 0 Å². The summed E-state index contributed by atoms with van der Waals surface area (Å²) in [5.41, 5.74) is 5.75. The van der Waals surface area contributed by atoms with E-state index in [9.17, 15) is 4.79 Å². The summed E-state index contributed by atoms with van der Waals surface area (Å²) in [6, 6.07) is 7.35. The van der Waals surface area contributed by atoms with Crippen LogP contribution >= 0.6 is 11.6 Å². The molecular weight excluding hydrogens is 250 g/mol. The van der Waals surface area contributed by atoms with Gasteiger partial charge in [0.25, 0.3) is 0 Å². The number of anilines is 1. The van der Waals surface area contributed by atoms with E-state index >= 15 is 0 Å². The molecule has 1 aliphatic rings. The maximum absolute atomic E-state index is 11.9. The van der Waals surface area contributed by atoms with E-state index in [4.69, 9.17) is 17.3 Å². The summed E-state index contributed by atoms with van der Waals surface area (Å²) < 4.78 is 0. The van der Waals surface area contributed by atoms with E-state index in [1.165, 1.54) is 0 Å². The molecule has 1 aliphatic heterocycles. The number of hydrogen-bond donors (Lipinski definition) is 3. The van der Waals surface area contributed by atoms with Gasteiger partial charge in [-0.15, -0.1) is 0 Å². The van der Waals surface area contributed by atoms with E-state index in [2.05, 4.69) is 10.6 Å². The number of nitrogens with two attached hydrogens (primary N) is 1. The molecule has 1 aromatic rings. The molecule has 98 valence electrons. The summed E-state index contributed by atoms with van der Waals surface area (Å²) in [5, 5.41) is 7.19. The molecule has 1 saturated heterocycles. The van der Waals surface area contributed by atoms with Crippen LogP contribution in [0.3, 0.4) is 0 Å². The van der Waals surface area contributed by atoms with Gasteiger partial charge in [0.2, 0.25) is 5.91 Å². The summed E-state index contributed by atoms with van der Waals surface area (Å²) in [4.78, 5) is 11.9. The van der Waals surface area contributed by atoms with Crippen LogP contribution in [0.5, 0.6) is 0 Å². The first-order valence-corrected chi connectivity index (χ1v) is 6.47. The van der Waals surface area contributed by atoms with Gasteiger partial charge < -0.3 is 16.4 Å². The number of rotatable bonds is 3. The highest BCUT2D eigenvalue weighted by molar-refractivity contribution is 6.30. The Bertz CT molecular complexity index is 452. The minimum atomic E-state index is -0.698. The average Bonchev–Trinajstić information content (AvgIpc) is 2.32. The van der Waals surface area contributed by atoms with Crippen molar-refractivity contribution in [1.29, 1.82) is 0 Å². The Morgan fingerprint density at radius 2 is 2.39 bits per heavy atom. The fraction of sp³-hybridized carbons (Fsp3) is 0.462. The zero-order chi connectivity index (χ0) is 13.2. The predicted octanol–water partition coefficient (Wildman–Crippen LogP) is 1.61. The van der Waals surface area contributed by atoms with Crippen LogP contribution in [-0.4, -0.2) is 24.5 Å². The number of piperidine rings is 1. The number of halogens is 1. The monoisotopic (exact) mass is 267 g/mol. The van der Waals surface area contributed by atoms with Gasteiger partial charge in [-0.1, -0.05) is 24.6 Å². The standard InChI is InChI=1S/C13H18ClN3O/c1-9-8-16-6-5-13(9,12(15)18)17-11-4-2-3-10(14)7-11/h2-4,7,9,16-17H,5-6,8H2,1H3,(H2,15,18). The maximum atomic E-state index is 11.9. The van der Waals surface area contributed by atoms with Crippen molar-refractivity contribution in [2.24, 2.45) is 11.7 Å². The lowest BCUT2D eigenvalue weighted by molar-refractivity contribution is -0.124. The minimum Gasteiger partial charge on any atom is -0.371 e. The first-order valence-electron chi connectivity index (χ1n) is 6.09. The number of amides is 1. The molecule has 0 saturated carbocycles. The first kappa shape index (κ1) is 13.2. The summed E-state index contributed by atoms with van der Waals surface area (Å²) in [5.74, 6) is -0.181. The van der Waals surface area contributed by atoms with E-state index in [1.807, 2.05) is 19.1 Å². The third-order valence-electron chi connectivity index (χ3n) is 3.62. The highest BCUT2D eigenvalue weighted by Crippen LogP contribution is 2.29.